The molecule has 0 spiro atoms. The molecule has 0 aromatic carbocycles. The molecule has 0 aromatic heterocycles. The lowest BCUT2D eigenvalue weighted by atomic mass is 10.5. The average Bonchev–Trinajstić information content (AvgIpc) is 1.61. The Labute approximate surface area is 83.7 Å². The maximum Gasteiger partial charge on any atom is 0.0103 e. The molecule has 0 saturated heterocycles. The minimum atomic E-state index is 0. The van der Waals surface area contributed by atoms with Gasteiger partial charge in [0.05, 0.1) is 0 Å². The highest BCUT2D eigenvalue weighted by atomic mass is 27.0. The van der Waals surface area contributed by atoms with Crippen LogP contribution in [0.5, 0.6) is 0 Å². The first-order valence-corrected chi connectivity index (χ1v) is 2.92. The number of hydrogen-bond acceptors (Lipinski definition) is 2. The van der Waals surface area contributed by atoms with Gasteiger partial charge in [0.25, 0.3) is 0 Å². The number of nitrogens with zero attached hydrogens (tertiary/aromatic N) is 2. The van der Waals surface area contributed by atoms with Crippen molar-refractivity contribution in [2.45, 2.75) is 0 Å². The molecule has 11 heavy (non-hydrogen) atoms. The summed E-state index contributed by atoms with van der Waals surface area (Å²) in [5.74, 6) is 0. The Morgan fingerprint density at radius 1 is 0.727 bits per heavy atom. The van der Waals surface area contributed by atoms with Gasteiger partial charge in [0.1, 0.15) is 0 Å². The summed E-state index contributed by atoms with van der Waals surface area (Å²) in [5, 5.41) is 0. The molecule has 3 heteroatoms. The molecule has 0 saturated carbocycles. The highest BCUT2D eigenvalue weighted by Crippen LogP contribution is 1.76. The lowest BCUT2D eigenvalue weighted by Gasteiger charge is -2.13. The Balaban J connectivity index is -0.0000000817. The van der Waals surface area contributed by atoms with Crippen LogP contribution in [-0.2, 0) is 0 Å². The van der Waals surface area contributed by atoms with Gasteiger partial charge in [-0.15, -0.1) is 0 Å². The maximum atomic E-state index is 2.18. The molecular weight excluding hydrogens is 151 g/mol. The van der Waals surface area contributed by atoms with Crippen LogP contribution < -0.4 is 0 Å². The van der Waals surface area contributed by atoms with E-state index in [1.807, 2.05) is 0 Å². The third-order valence-corrected chi connectivity index (χ3v) is 0.994. The van der Waals surface area contributed by atoms with E-state index in [-0.39, 0.29) is 32.2 Å². The minimum absolute atomic E-state index is 0. The zero-order chi connectivity index (χ0) is 6.57. The van der Waals surface area contributed by atoms with Crippen molar-refractivity contribution in [3.8, 4) is 0 Å². The molecule has 0 heterocycles. The summed E-state index contributed by atoms with van der Waals surface area (Å²) in [4.78, 5) is 4.36. The number of likely N-dealkylation sites (N-methyl/N-ethyl adjacent to an activating group) is 2. The highest BCUT2D eigenvalue weighted by molar-refractivity contribution is 5.75. The molecule has 0 fully saturated rings. The molecule has 0 amide bonds. The van der Waals surface area contributed by atoms with Crippen LogP contribution in [0.1, 0.15) is 0 Å². The second-order valence-electron chi connectivity index (χ2n) is 2.61. The summed E-state index contributed by atoms with van der Waals surface area (Å²) in [5.41, 5.74) is 0. The zero-order valence-corrected chi connectivity index (χ0v) is 10.0. The molecule has 0 bridgehead atoms. The van der Waals surface area contributed by atoms with Crippen molar-refractivity contribution in [1.82, 2.24) is 9.80 Å². The molecule has 2 nitrogen and oxygen atoms in total. The van der Waals surface area contributed by atoms with Crippen molar-refractivity contribution in [3.63, 3.8) is 0 Å². The van der Waals surface area contributed by atoms with E-state index in [4.69, 9.17) is 0 Å². The van der Waals surface area contributed by atoms with Crippen molar-refractivity contribution in [2.75, 3.05) is 41.3 Å². The van der Waals surface area contributed by atoms with E-state index in [0.717, 1.165) is 13.1 Å². The summed E-state index contributed by atoms with van der Waals surface area (Å²) >= 11 is 0. The topological polar surface area (TPSA) is 6.48 Å². The van der Waals surface area contributed by atoms with Gasteiger partial charge in [0.15, 0.2) is 0 Å². The predicted molar refractivity (Wildman–Crippen MR) is 55.7 cm³/mol. The van der Waals surface area contributed by atoms with Crippen LogP contribution in [-0.4, -0.2) is 68.4 Å². The Bertz CT molecular complexity index is 48.1. The lowest BCUT2D eigenvalue weighted by molar-refractivity contribution is 0.320. The third kappa shape index (κ3) is 25.1. The van der Waals surface area contributed by atoms with E-state index >= 15 is 0 Å². The van der Waals surface area contributed by atoms with E-state index in [1.54, 1.807) is 0 Å². The maximum absolute atomic E-state index is 2.18. The van der Waals surface area contributed by atoms with Crippen molar-refractivity contribution in [3.05, 3.63) is 14.9 Å². The fraction of sp³-hybridized carbons (Fsp3) is 0.750. The molecule has 0 aliphatic heterocycles. The molecule has 69 valence electrons. The van der Waals surface area contributed by atoms with Crippen LogP contribution in [0.15, 0.2) is 0 Å². The highest BCUT2D eigenvalue weighted by Gasteiger charge is 1.89. The van der Waals surface area contributed by atoms with Crippen molar-refractivity contribution < 1.29 is 0 Å². The minimum Gasteiger partial charge on any atom is -0.358 e. The molecular formula is C8H22AlN2-2. The number of hydrogen-bond donors (Lipinski definition) is 0. The SMILES string of the molecule is CN(C)CCN(C)C.[Al].[CH3-].[CH3-]. The van der Waals surface area contributed by atoms with Crippen LogP contribution in [0.2, 0.25) is 0 Å². The van der Waals surface area contributed by atoms with Crippen LogP contribution >= 0.6 is 0 Å². The molecule has 0 aromatic rings. The van der Waals surface area contributed by atoms with Gasteiger partial charge in [-0.2, -0.15) is 0 Å². The third-order valence-electron chi connectivity index (χ3n) is 0.994. The van der Waals surface area contributed by atoms with Gasteiger partial charge in [0, 0.05) is 30.5 Å². The quantitative estimate of drug-likeness (QED) is 0.456. The van der Waals surface area contributed by atoms with Crippen LogP contribution in [0.25, 0.3) is 0 Å². The molecule has 0 aliphatic rings. The first-order valence-electron chi connectivity index (χ1n) is 2.92. The molecule has 0 rings (SSSR count). The summed E-state index contributed by atoms with van der Waals surface area (Å²) in [6, 6.07) is 0. The Kier molecular flexibility index (Phi) is 26.8. The molecule has 3 radical (unpaired) electrons. The van der Waals surface area contributed by atoms with E-state index in [9.17, 15) is 0 Å². The second kappa shape index (κ2) is 13.1. The summed E-state index contributed by atoms with van der Waals surface area (Å²) < 4.78 is 0. The number of rotatable bonds is 3. The Morgan fingerprint density at radius 2 is 0.909 bits per heavy atom. The van der Waals surface area contributed by atoms with Crippen molar-refractivity contribution in [2.24, 2.45) is 0 Å². The summed E-state index contributed by atoms with van der Waals surface area (Å²) in [6.45, 7) is 2.29. The van der Waals surface area contributed by atoms with Crippen LogP contribution in [0.4, 0.5) is 0 Å². The fourth-order valence-corrected chi connectivity index (χ4v) is 0.400. The largest absolute Gasteiger partial charge is 0.358 e. The van der Waals surface area contributed by atoms with E-state index < -0.39 is 0 Å². The average molecular weight is 173 g/mol. The van der Waals surface area contributed by atoms with Gasteiger partial charge in [-0.25, -0.2) is 0 Å². The summed E-state index contributed by atoms with van der Waals surface area (Å²) in [7, 11) is 8.35. The van der Waals surface area contributed by atoms with Gasteiger partial charge in [-0.05, 0) is 28.2 Å². The molecule has 0 atom stereocenters. The van der Waals surface area contributed by atoms with E-state index in [1.165, 1.54) is 0 Å². The Morgan fingerprint density at radius 3 is 1.00 bits per heavy atom. The second-order valence-corrected chi connectivity index (χ2v) is 2.61. The monoisotopic (exact) mass is 173 g/mol. The molecule has 0 N–H and O–H groups in total. The molecule has 0 aliphatic carbocycles. The van der Waals surface area contributed by atoms with Gasteiger partial charge in [0.2, 0.25) is 0 Å². The standard InChI is InChI=1S/C6H16N2.2CH3.Al/c1-7(2)5-6-8(3)4;;;/h5-6H2,1-4H3;2*1H3;/q;2*-1;. The van der Waals surface area contributed by atoms with Gasteiger partial charge >= 0.3 is 0 Å². The summed E-state index contributed by atoms with van der Waals surface area (Å²) in [6.07, 6.45) is 0. The first-order chi connectivity index (χ1) is 3.63. The van der Waals surface area contributed by atoms with Crippen LogP contribution in [0.3, 0.4) is 0 Å². The van der Waals surface area contributed by atoms with Gasteiger partial charge < -0.3 is 24.7 Å². The van der Waals surface area contributed by atoms with Crippen molar-refractivity contribution >= 4 is 17.4 Å². The fourth-order valence-electron chi connectivity index (χ4n) is 0.400. The van der Waals surface area contributed by atoms with E-state index in [0.29, 0.717) is 0 Å². The van der Waals surface area contributed by atoms with Crippen LogP contribution in [0, 0.1) is 14.9 Å². The zero-order valence-electron chi connectivity index (χ0n) is 8.89. The van der Waals surface area contributed by atoms with Gasteiger partial charge in [-0.3, -0.25) is 0 Å². The predicted octanol–water partition coefficient (Wildman–Crippen LogP) is 0.629. The smallest absolute Gasteiger partial charge is 0.0103 e. The Hall–Kier alpha value is 0.452. The van der Waals surface area contributed by atoms with Crippen molar-refractivity contribution in [1.29, 1.82) is 0 Å². The van der Waals surface area contributed by atoms with E-state index in [2.05, 4.69) is 38.0 Å². The lowest BCUT2D eigenvalue weighted by Crippen LogP contribution is -2.25. The molecule has 0 unspecified atom stereocenters. The first kappa shape index (κ1) is 22.5. The normalized spacial score (nSPS) is 8.18. The van der Waals surface area contributed by atoms with Gasteiger partial charge in [-0.1, -0.05) is 0 Å².